The van der Waals surface area contributed by atoms with Gasteiger partial charge in [-0.05, 0) is 30.7 Å². The van der Waals surface area contributed by atoms with Crippen molar-refractivity contribution in [3.63, 3.8) is 0 Å². The minimum Gasteiger partial charge on any atom is -0.335 e. The van der Waals surface area contributed by atoms with Gasteiger partial charge in [0.1, 0.15) is 0 Å². The summed E-state index contributed by atoms with van der Waals surface area (Å²) in [4.78, 5) is 15.8. The minimum atomic E-state index is 0.364. The van der Waals surface area contributed by atoms with Gasteiger partial charge in [0.05, 0.1) is 6.04 Å². The fourth-order valence-corrected chi connectivity index (χ4v) is 3.74. The normalized spacial score (nSPS) is 19.0. The van der Waals surface area contributed by atoms with Gasteiger partial charge in [-0.25, -0.2) is 0 Å². The van der Waals surface area contributed by atoms with E-state index in [-0.39, 0.29) is 0 Å². The maximum atomic E-state index is 12.3. The van der Waals surface area contributed by atoms with Crippen LogP contribution in [0.5, 0.6) is 0 Å². The highest BCUT2D eigenvalue weighted by Gasteiger charge is 2.29. The number of rotatable bonds is 7. The quantitative estimate of drug-likeness (QED) is 0.658. The molecule has 1 atom stereocenters. The molecule has 1 aromatic rings. The van der Waals surface area contributed by atoms with Crippen LogP contribution >= 0.6 is 11.3 Å². The van der Waals surface area contributed by atoms with Gasteiger partial charge in [0.15, 0.2) is 0 Å². The molecule has 0 bridgehead atoms. The molecule has 1 unspecified atom stereocenters. The highest BCUT2D eigenvalue weighted by atomic mass is 32.1. The third kappa shape index (κ3) is 4.07. The molecule has 0 N–H and O–H groups in total. The number of amides is 1. The van der Waals surface area contributed by atoms with E-state index in [1.807, 2.05) is 0 Å². The van der Waals surface area contributed by atoms with Crippen LogP contribution in [0.1, 0.15) is 69.2 Å². The molecule has 3 heteroatoms. The lowest BCUT2D eigenvalue weighted by Gasteiger charge is -2.24. The Kier molecular flexibility index (Phi) is 5.90. The lowest BCUT2D eigenvalue weighted by Crippen LogP contribution is -2.29. The molecule has 1 aliphatic heterocycles. The molecule has 2 nitrogen and oxygen atoms in total. The zero-order valence-electron chi connectivity index (χ0n) is 11.9. The first-order chi connectivity index (χ1) is 9.33. The Bertz CT molecular complexity index is 374. The van der Waals surface area contributed by atoms with Crippen molar-refractivity contribution < 1.29 is 4.79 Å². The molecule has 0 radical (unpaired) electrons. The second kappa shape index (κ2) is 7.68. The smallest absolute Gasteiger partial charge is 0.223 e. The van der Waals surface area contributed by atoms with Gasteiger partial charge in [-0.3, -0.25) is 4.79 Å². The maximum Gasteiger partial charge on any atom is 0.223 e. The zero-order chi connectivity index (χ0) is 13.5. The van der Waals surface area contributed by atoms with Crippen LogP contribution in [0.3, 0.4) is 0 Å². The van der Waals surface area contributed by atoms with Gasteiger partial charge in [0.25, 0.3) is 0 Å². The first-order valence-corrected chi connectivity index (χ1v) is 8.53. The van der Waals surface area contributed by atoms with Crippen molar-refractivity contribution in [2.24, 2.45) is 0 Å². The van der Waals surface area contributed by atoms with Crippen LogP contribution in [0.2, 0.25) is 0 Å². The SMILES string of the molecule is CCCCCCCC(=O)N1CCCC1c1cccs1. The van der Waals surface area contributed by atoms with Gasteiger partial charge in [-0.2, -0.15) is 0 Å². The van der Waals surface area contributed by atoms with Gasteiger partial charge in [-0.1, -0.05) is 38.7 Å². The standard InChI is InChI=1S/C16H25NOS/c1-2-3-4-5-6-11-16(18)17-12-7-9-14(17)15-10-8-13-19-15/h8,10,13-14H,2-7,9,11-12H2,1H3. The Hall–Kier alpha value is -0.830. The Morgan fingerprint density at radius 1 is 1.37 bits per heavy atom. The molecular formula is C16H25NOS. The molecule has 106 valence electrons. The number of likely N-dealkylation sites (tertiary alicyclic amines) is 1. The molecule has 0 spiro atoms. The summed E-state index contributed by atoms with van der Waals surface area (Å²) in [6.45, 7) is 3.18. The molecule has 1 aromatic heterocycles. The van der Waals surface area contributed by atoms with E-state index in [0.717, 1.165) is 32.2 Å². The van der Waals surface area contributed by atoms with E-state index in [2.05, 4.69) is 29.3 Å². The highest BCUT2D eigenvalue weighted by molar-refractivity contribution is 7.10. The van der Waals surface area contributed by atoms with Gasteiger partial charge >= 0.3 is 0 Å². The van der Waals surface area contributed by atoms with Crippen molar-refractivity contribution in [3.05, 3.63) is 22.4 Å². The lowest BCUT2D eigenvalue weighted by atomic mass is 10.1. The van der Waals surface area contributed by atoms with Crippen LogP contribution in [-0.4, -0.2) is 17.4 Å². The summed E-state index contributed by atoms with van der Waals surface area (Å²) in [5.74, 6) is 0.368. The molecule has 0 aliphatic carbocycles. The van der Waals surface area contributed by atoms with E-state index < -0.39 is 0 Å². The Morgan fingerprint density at radius 3 is 2.95 bits per heavy atom. The fraction of sp³-hybridized carbons (Fsp3) is 0.688. The summed E-state index contributed by atoms with van der Waals surface area (Å²) in [5, 5.41) is 2.11. The molecule has 0 aromatic carbocycles. The number of hydrogen-bond donors (Lipinski definition) is 0. The van der Waals surface area contributed by atoms with Crippen LogP contribution < -0.4 is 0 Å². The Morgan fingerprint density at radius 2 is 2.21 bits per heavy atom. The summed E-state index contributed by atoms with van der Waals surface area (Å²) in [6, 6.07) is 4.62. The van der Waals surface area contributed by atoms with E-state index in [0.29, 0.717) is 11.9 Å². The second-order valence-corrected chi connectivity index (χ2v) is 6.40. The van der Waals surface area contributed by atoms with Crippen LogP contribution in [0.4, 0.5) is 0 Å². The van der Waals surface area contributed by atoms with Gasteiger partial charge in [0, 0.05) is 17.8 Å². The Balaban J connectivity index is 1.78. The summed E-state index contributed by atoms with van der Waals surface area (Å²) in [7, 11) is 0. The zero-order valence-corrected chi connectivity index (χ0v) is 12.8. The molecule has 0 saturated carbocycles. The maximum absolute atomic E-state index is 12.3. The van der Waals surface area contributed by atoms with Gasteiger partial charge in [-0.15, -0.1) is 11.3 Å². The third-order valence-corrected chi connectivity index (χ3v) is 4.91. The fourth-order valence-electron chi connectivity index (χ4n) is 2.87. The van der Waals surface area contributed by atoms with Crippen LogP contribution in [0, 0.1) is 0 Å². The summed E-state index contributed by atoms with van der Waals surface area (Å²) < 4.78 is 0. The highest BCUT2D eigenvalue weighted by Crippen LogP contribution is 2.34. The largest absolute Gasteiger partial charge is 0.335 e. The minimum absolute atomic E-state index is 0.364. The molecule has 1 fully saturated rings. The van der Waals surface area contributed by atoms with E-state index >= 15 is 0 Å². The van der Waals surface area contributed by atoms with E-state index in [4.69, 9.17) is 0 Å². The molecule has 1 amide bonds. The van der Waals surface area contributed by atoms with E-state index in [9.17, 15) is 4.79 Å². The molecule has 2 rings (SSSR count). The summed E-state index contributed by atoms with van der Waals surface area (Å²) in [6.07, 6.45) is 9.15. The van der Waals surface area contributed by atoms with Crippen molar-refractivity contribution in [1.82, 2.24) is 4.90 Å². The van der Waals surface area contributed by atoms with Crippen LogP contribution in [0.15, 0.2) is 17.5 Å². The van der Waals surface area contributed by atoms with Crippen LogP contribution in [-0.2, 0) is 4.79 Å². The number of thiophene rings is 1. The monoisotopic (exact) mass is 279 g/mol. The number of hydrogen-bond acceptors (Lipinski definition) is 2. The van der Waals surface area contributed by atoms with Gasteiger partial charge < -0.3 is 4.90 Å². The van der Waals surface area contributed by atoms with Crippen molar-refractivity contribution >= 4 is 17.2 Å². The lowest BCUT2D eigenvalue weighted by molar-refractivity contribution is -0.132. The predicted molar refractivity (Wildman–Crippen MR) is 81.4 cm³/mol. The van der Waals surface area contributed by atoms with Crippen LogP contribution in [0.25, 0.3) is 0 Å². The van der Waals surface area contributed by atoms with E-state index in [1.165, 1.54) is 30.6 Å². The molecule has 2 heterocycles. The predicted octanol–water partition coefficient (Wildman–Crippen LogP) is 4.77. The summed E-state index contributed by atoms with van der Waals surface area (Å²) >= 11 is 1.78. The number of carbonyl (C=O) groups is 1. The van der Waals surface area contributed by atoms with Crippen molar-refractivity contribution in [1.29, 1.82) is 0 Å². The third-order valence-electron chi connectivity index (χ3n) is 3.94. The number of carbonyl (C=O) groups excluding carboxylic acids is 1. The first kappa shape index (κ1) is 14.6. The first-order valence-electron chi connectivity index (χ1n) is 7.65. The van der Waals surface area contributed by atoms with Crippen molar-refractivity contribution in [2.75, 3.05) is 6.54 Å². The molecule has 1 aliphatic rings. The van der Waals surface area contributed by atoms with Crippen molar-refractivity contribution in [2.45, 2.75) is 64.3 Å². The Labute approximate surface area is 120 Å². The molecule has 19 heavy (non-hydrogen) atoms. The molecular weight excluding hydrogens is 254 g/mol. The topological polar surface area (TPSA) is 20.3 Å². The molecule has 1 saturated heterocycles. The average molecular weight is 279 g/mol. The number of nitrogens with zero attached hydrogens (tertiary/aromatic N) is 1. The summed E-state index contributed by atoms with van der Waals surface area (Å²) in [5.41, 5.74) is 0. The second-order valence-electron chi connectivity index (χ2n) is 5.42. The number of unbranched alkanes of at least 4 members (excludes halogenated alkanes) is 4. The average Bonchev–Trinajstić information content (AvgIpc) is 3.08. The van der Waals surface area contributed by atoms with Gasteiger partial charge in [0.2, 0.25) is 5.91 Å². The van der Waals surface area contributed by atoms with E-state index in [1.54, 1.807) is 11.3 Å². The van der Waals surface area contributed by atoms with Crippen molar-refractivity contribution in [3.8, 4) is 0 Å².